The SMILES string of the molecule is Cc1cc(Br)ccc1CNC(=O)C(C)C1CNC1.Cl. The number of halogens is 2. The number of benzene rings is 1. The molecule has 106 valence electrons. The molecule has 1 saturated heterocycles. The molecule has 2 N–H and O–H groups in total. The second-order valence-corrected chi connectivity index (χ2v) is 5.91. The van der Waals surface area contributed by atoms with Gasteiger partial charge in [-0.2, -0.15) is 0 Å². The Kier molecular flexibility index (Phi) is 6.30. The third kappa shape index (κ3) is 4.20. The first-order valence-corrected chi connectivity index (χ1v) is 7.10. The highest BCUT2D eigenvalue weighted by Gasteiger charge is 2.28. The Bertz CT molecular complexity index is 449. The van der Waals surface area contributed by atoms with Crippen LogP contribution in [0.5, 0.6) is 0 Å². The minimum atomic E-state index is 0. The van der Waals surface area contributed by atoms with Gasteiger partial charge in [0.05, 0.1) is 0 Å². The highest BCUT2D eigenvalue weighted by molar-refractivity contribution is 9.10. The van der Waals surface area contributed by atoms with Crippen LogP contribution in [0.15, 0.2) is 22.7 Å². The van der Waals surface area contributed by atoms with Crippen LogP contribution in [0.4, 0.5) is 0 Å². The molecule has 1 aromatic carbocycles. The van der Waals surface area contributed by atoms with Crippen molar-refractivity contribution in [2.75, 3.05) is 13.1 Å². The molecule has 0 aliphatic carbocycles. The van der Waals surface area contributed by atoms with E-state index in [1.165, 1.54) is 11.1 Å². The number of amides is 1. The molecule has 1 heterocycles. The summed E-state index contributed by atoms with van der Waals surface area (Å²) in [5.41, 5.74) is 2.37. The summed E-state index contributed by atoms with van der Waals surface area (Å²) in [4.78, 5) is 12.0. The van der Waals surface area contributed by atoms with Gasteiger partial charge in [0, 0.05) is 16.9 Å². The molecule has 1 fully saturated rings. The summed E-state index contributed by atoms with van der Waals surface area (Å²) in [6.45, 7) is 6.61. The van der Waals surface area contributed by atoms with E-state index in [9.17, 15) is 4.79 Å². The lowest BCUT2D eigenvalue weighted by molar-refractivity contribution is -0.126. The van der Waals surface area contributed by atoms with Crippen LogP contribution in [0.2, 0.25) is 0 Å². The fraction of sp³-hybridized carbons (Fsp3) is 0.500. The molecule has 0 radical (unpaired) electrons. The third-order valence-electron chi connectivity index (χ3n) is 3.69. The van der Waals surface area contributed by atoms with Gasteiger partial charge in [0.2, 0.25) is 5.91 Å². The molecular weight excluding hydrogens is 328 g/mol. The number of carbonyl (C=O) groups is 1. The molecule has 1 aliphatic rings. The molecule has 1 aromatic rings. The molecule has 1 amide bonds. The summed E-state index contributed by atoms with van der Waals surface area (Å²) in [5.74, 6) is 0.752. The van der Waals surface area contributed by atoms with E-state index in [4.69, 9.17) is 0 Å². The van der Waals surface area contributed by atoms with Gasteiger partial charge in [-0.15, -0.1) is 12.4 Å². The molecule has 1 unspecified atom stereocenters. The predicted octanol–water partition coefficient (Wildman–Crippen LogP) is 2.65. The van der Waals surface area contributed by atoms with E-state index in [1.54, 1.807) is 0 Å². The summed E-state index contributed by atoms with van der Waals surface area (Å²) in [7, 11) is 0. The molecule has 1 aliphatic heterocycles. The van der Waals surface area contributed by atoms with Crippen molar-refractivity contribution in [3.05, 3.63) is 33.8 Å². The highest BCUT2D eigenvalue weighted by Crippen LogP contribution is 2.18. The van der Waals surface area contributed by atoms with Gasteiger partial charge in [-0.3, -0.25) is 4.79 Å². The van der Waals surface area contributed by atoms with Crippen molar-refractivity contribution in [3.8, 4) is 0 Å². The van der Waals surface area contributed by atoms with Crippen LogP contribution < -0.4 is 10.6 Å². The van der Waals surface area contributed by atoms with Crippen LogP contribution >= 0.6 is 28.3 Å². The molecule has 0 saturated carbocycles. The fourth-order valence-corrected chi connectivity index (χ4v) is 2.56. The number of hydrogen-bond donors (Lipinski definition) is 2. The van der Waals surface area contributed by atoms with Gasteiger partial charge in [-0.1, -0.05) is 28.9 Å². The van der Waals surface area contributed by atoms with Crippen molar-refractivity contribution in [1.82, 2.24) is 10.6 Å². The molecule has 19 heavy (non-hydrogen) atoms. The largest absolute Gasteiger partial charge is 0.352 e. The van der Waals surface area contributed by atoms with Crippen LogP contribution in [0.3, 0.4) is 0 Å². The van der Waals surface area contributed by atoms with Crippen LogP contribution in [-0.2, 0) is 11.3 Å². The smallest absolute Gasteiger partial charge is 0.223 e. The van der Waals surface area contributed by atoms with Crippen LogP contribution in [-0.4, -0.2) is 19.0 Å². The fourth-order valence-electron chi connectivity index (χ4n) is 2.08. The number of rotatable bonds is 4. The minimum Gasteiger partial charge on any atom is -0.352 e. The summed E-state index contributed by atoms with van der Waals surface area (Å²) < 4.78 is 1.07. The molecule has 0 bridgehead atoms. The van der Waals surface area contributed by atoms with Crippen molar-refractivity contribution in [3.63, 3.8) is 0 Å². The molecule has 5 heteroatoms. The van der Waals surface area contributed by atoms with Gasteiger partial charge >= 0.3 is 0 Å². The lowest BCUT2D eigenvalue weighted by Gasteiger charge is -2.31. The van der Waals surface area contributed by atoms with Crippen LogP contribution in [0.25, 0.3) is 0 Å². The average Bonchev–Trinajstić information content (AvgIpc) is 2.25. The summed E-state index contributed by atoms with van der Waals surface area (Å²) in [5, 5.41) is 6.23. The van der Waals surface area contributed by atoms with E-state index in [0.29, 0.717) is 12.5 Å². The van der Waals surface area contributed by atoms with E-state index in [-0.39, 0.29) is 24.2 Å². The zero-order valence-electron chi connectivity index (χ0n) is 11.2. The second-order valence-electron chi connectivity index (χ2n) is 5.00. The number of carbonyl (C=O) groups excluding carboxylic acids is 1. The number of nitrogens with one attached hydrogen (secondary N) is 2. The van der Waals surface area contributed by atoms with Crippen molar-refractivity contribution in [2.45, 2.75) is 20.4 Å². The Balaban J connectivity index is 0.00000180. The second kappa shape index (κ2) is 7.27. The number of hydrogen-bond acceptors (Lipinski definition) is 2. The quantitative estimate of drug-likeness (QED) is 0.879. The number of aryl methyl sites for hydroxylation is 1. The van der Waals surface area contributed by atoms with Crippen molar-refractivity contribution in [2.24, 2.45) is 11.8 Å². The van der Waals surface area contributed by atoms with Gasteiger partial charge in [0.15, 0.2) is 0 Å². The topological polar surface area (TPSA) is 41.1 Å². The molecule has 2 rings (SSSR count). The summed E-state index contributed by atoms with van der Waals surface area (Å²) in [6.07, 6.45) is 0. The van der Waals surface area contributed by atoms with E-state index >= 15 is 0 Å². The van der Waals surface area contributed by atoms with E-state index < -0.39 is 0 Å². The third-order valence-corrected chi connectivity index (χ3v) is 4.18. The average molecular weight is 348 g/mol. The van der Waals surface area contributed by atoms with Gasteiger partial charge in [-0.05, 0) is 49.2 Å². The van der Waals surface area contributed by atoms with Gasteiger partial charge in [-0.25, -0.2) is 0 Å². The van der Waals surface area contributed by atoms with Gasteiger partial charge in [0.1, 0.15) is 0 Å². The van der Waals surface area contributed by atoms with Gasteiger partial charge in [0.25, 0.3) is 0 Å². The Morgan fingerprint density at radius 2 is 2.21 bits per heavy atom. The molecule has 3 nitrogen and oxygen atoms in total. The van der Waals surface area contributed by atoms with Crippen molar-refractivity contribution < 1.29 is 4.79 Å². The van der Waals surface area contributed by atoms with E-state index in [1.807, 2.05) is 13.0 Å². The monoisotopic (exact) mass is 346 g/mol. The Morgan fingerprint density at radius 3 is 2.74 bits per heavy atom. The summed E-state index contributed by atoms with van der Waals surface area (Å²) in [6, 6.07) is 6.13. The Labute approximate surface area is 129 Å². The van der Waals surface area contributed by atoms with Crippen molar-refractivity contribution >= 4 is 34.2 Å². The normalized spacial score (nSPS) is 16.2. The minimum absolute atomic E-state index is 0. The summed E-state index contributed by atoms with van der Waals surface area (Å²) >= 11 is 3.44. The molecule has 0 spiro atoms. The van der Waals surface area contributed by atoms with Crippen LogP contribution in [0, 0.1) is 18.8 Å². The maximum Gasteiger partial charge on any atom is 0.223 e. The molecular formula is C14H20BrClN2O. The predicted molar refractivity (Wildman–Crippen MR) is 83.5 cm³/mol. The first-order chi connectivity index (χ1) is 8.58. The first-order valence-electron chi connectivity index (χ1n) is 6.31. The standard InChI is InChI=1S/C14H19BrN2O.ClH/c1-9-5-13(15)4-3-11(9)8-17-14(18)10(2)12-6-16-7-12;/h3-5,10,12,16H,6-8H2,1-2H3,(H,17,18);1H. The van der Waals surface area contributed by atoms with Crippen LogP contribution in [0.1, 0.15) is 18.1 Å². The lowest BCUT2D eigenvalue weighted by Crippen LogP contribution is -2.49. The zero-order valence-corrected chi connectivity index (χ0v) is 13.6. The van der Waals surface area contributed by atoms with Gasteiger partial charge < -0.3 is 10.6 Å². The van der Waals surface area contributed by atoms with E-state index in [2.05, 4.69) is 45.6 Å². The van der Waals surface area contributed by atoms with Crippen molar-refractivity contribution in [1.29, 1.82) is 0 Å². The zero-order chi connectivity index (χ0) is 13.1. The molecule has 1 atom stereocenters. The Hall–Kier alpha value is -0.580. The lowest BCUT2D eigenvalue weighted by atomic mass is 9.88. The maximum atomic E-state index is 12.0. The molecule has 0 aromatic heterocycles. The maximum absolute atomic E-state index is 12.0. The highest BCUT2D eigenvalue weighted by atomic mass is 79.9. The Morgan fingerprint density at radius 1 is 1.53 bits per heavy atom. The first kappa shape index (κ1) is 16.5. The van der Waals surface area contributed by atoms with E-state index in [0.717, 1.165) is 17.6 Å².